The molecule has 0 spiro atoms. The zero-order valence-electron chi connectivity index (χ0n) is 18.8. The van der Waals surface area contributed by atoms with Gasteiger partial charge < -0.3 is 15.4 Å². The molecule has 0 aliphatic carbocycles. The van der Waals surface area contributed by atoms with Crippen LogP contribution in [0.5, 0.6) is 0 Å². The number of carbonyl (C=O) groups excluding carboxylic acids is 1. The van der Waals surface area contributed by atoms with Gasteiger partial charge in [-0.3, -0.25) is 14.8 Å². The monoisotopic (exact) mass is 438 g/mol. The Hall–Kier alpha value is -3.11. The van der Waals surface area contributed by atoms with Crippen molar-refractivity contribution in [3.05, 3.63) is 30.1 Å². The summed E-state index contributed by atoms with van der Waals surface area (Å²) in [7, 11) is 0. The van der Waals surface area contributed by atoms with E-state index in [4.69, 9.17) is 14.8 Å². The largest absolute Gasteiger partial charge is 0.380 e. The number of amides is 1. The molecule has 1 atom stereocenters. The molecule has 3 aromatic rings. The number of aromatic nitrogens is 5. The highest BCUT2D eigenvalue weighted by Crippen LogP contribution is 2.30. The van der Waals surface area contributed by atoms with E-state index in [9.17, 15) is 4.79 Å². The number of hydrogen-bond donors (Lipinski definition) is 3. The van der Waals surface area contributed by atoms with Crippen LogP contribution in [0.2, 0.25) is 0 Å². The minimum atomic E-state index is -0.0834. The van der Waals surface area contributed by atoms with E-state index in [-0.39, 0.29) is 23.7 Å². The van der Waals surface area contributed by atoms with Crippen LogP contribution < -0.4 is 16.0 Å². The third kappa shape index (κ3) is 4.86. The summed E-state index contributed by atoms with van der Waals surface area (Å²) in [6.07, 6.45) is 2.52. The number of pyridine rings is 1. The van der Waals surface area contributed by atoms with E-state index in [0.717, 1.165) is 24.2 Å². The van der Waals surface area contributed by atoms with Crippen LogP contribution in [0.25, 0.3) is 11.0 Å². The lowest BCUT2D eigenvalue weighted by molar-refractivity contribution is -0.119. The fourth-order valence-electron chi connectivity index (χ4n) is 3.74. The number of hydrogen-bond acceptors (Lipinski definition) is 8. The molecule has 1 saturated heterocycles. The van der Waals surface area contributed by atoms with Crippen molar-refractivity contribution < 1.29 is 9.53 Å². The van der Waals surface area contributed by atoms with Gasteiger partial charge in [0.2, 0.25) is 11.9 Å². The van der Waals surface area contributed by atoms with Gasteiger partial charge in [0.25, 0.3) is 0 Å². The number of rotatable bonds is 9. The second-order valence-corrected chi connectivity index (χ2v) is 8.07. The third-order valence-corrected chi connectivity index (χ3v) is 5.39. The van der Waals surface area contributed by atoms with Crippen molar-refractivity contribution in [2.45, 2.75) is 39.7 Å². The van der Waals surface area contributed by atoms with Gasteiger partial charge in [-0.25, -0.2) is 9.97 Å². The zero-order valence-corrected chi connectivity index (χ0v) is 18.8. The molecule has 0 bridgehead atoms. The van der Waals surface area contributed by atoms with Crippen LogP contribution in [0, 0.1) is 5.92 Å². The van der Waals surface area contributed by atoms with E-state index in [1.165, 1.54) is 0 Å². The van der Waals surface area contributed by atoms with Crippen LogP contribution in [-0.4, -0.2) is 56.9 Å². The molecule has 1 amide bonds. The topological polar surface area (TPSA) is 119 Å². The van der Waals surface area contributed by atoms with E-state index in [0.29, 0.717) is 43.5 Å². The Morgan fingerprint density at radius 2 is 2.22 bits per heavy atom. The number of carbonyl (C=O) groups is 1. The summed E-state index contributed by atoms with van der Waals surface area (Å²) in [6.45, 7) is 9.35. The highest BCUT2D eigenvalue weighted by atomic mass is 16.5. The number of anilines is 3. The molecule has 3 aromatic heterocycles. The highest BCUT2D eigenvalue weighted by molar-refractivity contribution is 5.95. The van der Waals surface area contributed by atoms with Gasteiger partial charge in [0.05, 0.1) is 24.8 Å². The molecule has 1 fully saturated rings. The zero-order chi connectivity index (χ0) is 22.5. The molecule has 10 nitrogen and oxygen atoms in total. The molecule has 4 rings (SSSR count). The Labute approximate surface area is 187 Å². The first-order chi connectivity index (χ1) is 15.6. The number of nitrogens with one attached hydrogen (secondary N) is 3. The Bertz CT molecular complexity index is 1060. The summed E-state index contributed by atoms with van der Waals surface area (Å²) in [5.74, 6) is 1.44. The Morgan fingerprint density at radius 3 is 2.91 bits per heavy atom. The van der Waals surface area contributed by atoms with Gasteiger partial charge in [-0.2, -0.15) is 10.1 Å². The van der Waals surface area contributed by atoms with Gasteiger partial charge in [0.15, 0.2) is 5.82 Å². The van der Waals surface area contributed by atoms with Crippen molar-refractivity contribution in [1.29, 1.82) is 0 Å². The second-order valence-electron chi connectivity index (χ2n) is 8.07. The summed E-state index contributed by atoms with van der Waals surface area (Å²) in [4.78, 5) is 26.4. The van der Waals surface area contributed by atoms with Crippen molar-refractivity contribution in [2.24, 2.45) is 5.92 Å². The lowest BCUT2D eigenvalue weighted by Crippen LogP contribution is -2.25. The van der Waals surface area contributed by atoms with E-state index in [2.05, 4.69) is 39.8 Å². The summed E-state index contributed by atoms with van der Waals surface area (Å²) in [5.41, 5.74) is 2.32. The normalized spacial score (nSPS) is 16.1. The number of fused-ring (bicyclic) bond motifs is 1. The molecule has 4 heterocycles. The lowest BCUT2D eigenvalue weighted by atomic mass is 10.1. The molecule has 0 aromatic carbocycles. The smallest absolute Gasteiger partial charge is 0.232 e. The van der Waals surface area contributed by atoms with Crippen molar-refractivity contribution in [3.8, 4) is 0 Å². The SMILES string of the molecule is CCOCCn1nc(C(C)C)c2nc(NC(=O)[C@H]3CCNC3)nc(Nc3ccccn3)c21. The predicted octanol–water partition coefficient (Wildman–Crippen LogP) is 2.67. The lowest BCUT2D eigenvalue weighted by Gasteiger charge is -2.13. The maximum atomic E-state index is 12.7. The van der Waals surface area contributed by atoms with Crippen molar-refractivity contribution in [1.82, 2.24) is 30.0 Å². The number of nitrogens with zero attached hydrogens (tertiary/aromatic N) is 5. The fourth-order valence-corrected chi connectivity index (χ4v) is 3.74. The molecule has 32 heavy (non-hydrogen) atoms. The van der Waals surface area contributed by atoms with Crippen LogP contribution in [-0.2, 0) is 16.1 Å². The van der Waals surface area contributed by atoms with Gasteiger partial charge in [-0.05, 0) is 37.9 Å². The van der Waals surface area contributed by atoms with Crippen LogP contribution in [0.1, 0.15) is 38.8 Å². The quantitative estimate of drug-likeness (QED) is 0.436. The molecule has 10 heteroatoms. The molecule has 0 radical (unpaired) electrons. The molecule has 3 N–H and O–H groups in total. The summed E-state index contributed by atoms with van der Waals surface area (Å²) in [5, 5.41) is 14.2. The van der Waals surface area contributed by atoms with Gasteiger partial charge >= 0.3 is 0 Å². The average molecular weight is 439 g/mol. The summed E-state index contributed by atoms with van der Waals surface area (Å²) < 4.78 is 7.42. The van der Waals surface area contributed by atoms with Crippen LogP contribution in [0.15, 0.2) is 24.4 Å². The first-order valence-electron chi connectivity index (χ1n) is 11.1. The van der Waals surface area contributed by atoms with Crippen molar-refractivity contribution in [2.75, 3.05) is 36.9 Å². The minimum absolute atomic E-state index is 0.0760. The van der Waals surface area contributed by atoms with Crippen LogP contribution in [0.3, 0.4) is 0 Å². The third-order valence-electron chi connectivity index (χ3n) is 5.39. The number of ether oxygens (including phenoxy) is 1. The van der Waals surface area contributed by atoms with Gasteiger partial charge in [-0.15, -0.1) is 0 Å². The van der Waals surface area contributed by atoms with Gasteiger partial charge in [0, 0.05) is 19.3 Å². The standard InChI is InChI=1S/C22H30N8O2/c1-4-32-12-11-30-19-18(17(29-30)14(2)3)26-22(28-21(31)15-8-10-23-13-15)27-20(19)25-16-7-5-6-9-24-16/h5-7,9,14-15,23H,4,8,10-13H2,1-3H3,(H2,24,25,26,27,28,31)/t15-/m0/s1. The van der Waals surface area contributed by atoms with Crippen LogP contribution >= 0.6 is 0 Å². The highest BCUT2D eigenvalue weighted by Gasteiger charge is 2.25. The minimum Gasteiger partial charge on any atom is -0.380 e. The van der Waals surface area contributed by atoms with Crippen molar-refractivity contribution in [3.63, 3.8) is 0 Å². The maximum absolute atomic E-state index is 12.7. The summed E-state index contributed by atoms with van der Waals surface area (Å²) >= 11 is 0. The molecule has 0 unspecified atom stereocenters. The first-order valence-corrected chi connectivity index (χ1v) is 11.1. The second kappa shape index (κ2) is 10.0. The van der Waals surface area contributed by atoms with E-state index in [1.54, 1.807) is 6.20 Å². The van der Waals surface area contributed by atoms with Crippen LogP contribution in [0.4, 0.5) is 17.6 Å². The van der Waals surface area contributed by atoms with E-state index < -0.39 is 0 Å². The molecule has 1 aliphatic rings. The maximum Gasteiger partial charge on any atom is 0.232 e. The van der Waals surface area contributed by atoms with Gasteiger partial charge in [-0.1, -0.05) is 19.9 Å². The molecular weight excluding hydrogens is 408 g/mol. The van der Waals surface area contributed by atoms with Crippen molar-refractivity contribution >= 4 is 34.5 Å². The Balaban J connectivity index is 1.77. The Morgan fingerprint density at radius 1 is 1.34 bits per heavy atom. The first kappa shape index (κ1) is 22.1. The van der Waals surface area contributed by atoms with E-state index >= 15 is 0 Å². The molecule has 0 saturated carbocycles. The summed E-state index contributed by atoms with van der Waals surface area (Å²) in [6, 6.07) is 5.61. The molecule has 1 aliphatic heterocycles. The average Bonchev–Trinajstić information content (AvgIpc) is 3.43. The molecule has 170 valence electrons. The predicted molar refractivity (Wildman–Crippen MR) is 123 cm³/mol. The van der Waals surface area contributed by atoms with Gasteiger partial charge in [0.1, 0.15) is 16.9 Å². The van der Waals surface area contributed by atoms with E-state index in [1.807, 2.05) is 29.8 Å². The molecular formula is C22H30N8O2. The Kier molecular flexibility index (Phi) is 6.91. The fraction of sp³-hybridized carbons (Fsp3) is 0.500.